The number of carbonyl (C=O) groups is 1. The van der Waals surface area contributed by atoms with Crippen LogP contribution in [-0.2, 0) is 4.74 Å². The van der Waals surface area contributed by atoms with Crippen LogP contribution in [0.2, 0.25) is 0 Å². The van der Waals surface area contributed by atoms with Crippen molar-refractivity contribution in [2.24, 2.45) is 0 Å². The highest BCUT2D eigenvalue weighted by atomic mass is 16.5. The minimum absolute atomic E-state index is 0.0305. The van der Waals surface area contributed by atoms with E-state index in [1.165, 1.54) is 6.42 Å². The van der Waals surface area contributed by atoms with Crippen LogP contribution >= 0.6 is 0 Å². The Morgan fingerprint density at radius 1 is 1.29 bits per heavy atom. The minimum atomic E-state index is -0.0305. The number of hydrogen-bond donors (Lipinski definition) is 2. The molecule has 2 unspecified atom stereocenters. The number of urea groups is 1. The summed E-state index contributed by atoms with van der Waals surface area (Å²) in [7, 11) is 0. The lowest BCUT2D eigenvalue weighted by molar-refractivity contribution is 0.114. The van der Waals surface area contributed by atoms with E-state index in [0.29, 0.717) is 6.04 Å². The fourth-order valence-corrected chi connectivity index (χ4v) is 1.87. The van der Waals surface area contributed by atoms with Crippen molar-refractivity contribution in [1.82, 2.24) is 10.6 Å². The summed E-state index contributed by atoms with van der Waals surface area (Å²) < 4.78 is 5.37. The van der Waals surface area contributed by atoms with E-state index < -0.39 is 0 Å². The van der Waals surface area contributed by atoms with Gasteiger partial charge in [0.2, 0.25) is 0 Å². The van der Waals surface area contributed by atoms with Crippen molar-refractivity contribution in [2.45, 2.75) is 50.8 Å². The van der Waals surface area contributed by atoms with Crippen LogP contribution in [0.3, 0.4) is 0 Å². The van der Waals surface area contributed by atoms with E-state index in [-0.39, 0.29) is 18.2 Å². The third kappa shape index (κ3) is 2.18. The summed E-state index contributed by atoms with van der Waals surface area (Å²) >= 11 is 0. The fourth-order valence-electron chi connectivity index (χ4n) is 1.87. The maximum atomic E-state index is 11.5. The summed E-state index contributed by atoms with van der Waals surface area (Å²) in [5.41, 5.74) is 0. The average Bonchev–Trinajstić information content (AvgIpc) is 2.45. The van der Waals surface area contributed by atoms with Gasteiger partial charge in [-0.2, -0.15) is 0 Å². The molecule has 0 bridgehead atoms. The van der Waals surface area contributed by atoms with Gasteiger partial charge < -0.3 is 15.4 Å². The first-order valence-electron chi connectivity index (χ1n) is 5.44. The van der Waals surface area contributed by atoms with Crippen LogP contribution in [0, 0.1) is 0 Å². The van der Waals surface area contributed by atoms with E-state index in [2.05, 4.69) is 10.6 Å². The zero-order chi connectivity index (χ0) is 9.97. The van der Waals surface area contributed by atoms with Crippen molar-refractivity contribution < 1.29 is 9.53 Å². The molecular weight excluding hydrogens is 180 g/mol. The molecule has 2 N–H and O–H groups in total. The predicted octanol–water partition coefficient (Wildman–Crippen LogP) is 1.02. The van der Waals surface area contributed by atoms with Crippen molar-refractivity contribution in [3.05, 3.63) is 0 Å². The number of hydrogen-bond acceptors (Lipinski definition) is 2. The number of carbonyl (C=O) groups excluding carboxylic acids is 1. The highest BCUT2D eigenvalue weighted by Gasteiger charge is 2.27. The zero-order valence-electron chi connectivity index (χ0n) is 8.58. The standard InChI is InChI=1S/C10H18N2O2/c1-7-9(5-6-14-7)12-10(13)11-8-3-2-4-8/h7-9H,2-6H2,1H3,(H2,11,12,13). The van der Waals surface area contributed by atoms with Gasteiger partial charge in [0.05, 0.1) is 12.1 Å². The van der Waals surface area contributed by atoms with Gasteiger partial charge in [0.25, 0.3) is 0 Å². The number of ether oxygens (including phenoxy) is 1. The van der Waals surface area contributed by atoms with Crippen molar-refractivity contribution in [2.75, 3.05) is 6.61 Å². The molecule has 1 heterocycles. The predicted molar refractivity (Wildman–Crippen MR) is 53.1 cm³/mol. The third-order valence-corrected chi connectivity index (χ3v) is 3.13. The van der Waals surface area contributed by atoms with Gasteiger partial charge in [0.1, 0.15) is 0 Å². The van der Waals surface area contributed by atoms with Crippen LogP contribution < -0.4 is 10.6 Å². The molecule has 1 saturated carbocycles. The molecule has 0 aromatic rings. The first kappa shape index (κ1) is 9.77. The second-order valence-corrected chi connectivity index (χ2v) is 4.22. The molecule has 2 aliphatic rings. The number of amides is 2. The summed E-state index contributed by atoms with van der Waals surface area (Å²) in [6.45, 7) is 2.76. The van der Waals surface area contributed by atoms with Crippen LogP contribution in [0.15, 0.2) is 0 Å². The van der Waals surface area contributed by atoms with Crippen molar-refractivity contribution in [3.8, 4) is 0 Å². The Labute approximate surface area is 84.4 Å². The smallest absolute Gasteiger partial charge is 0.315 e. The van der Waals surface area contributed by atoms with E-state index in [4.69, 9.17) is 4.74 Å². The van der Waals surface area contributed by atoms with Crippen molar-refractivity contribution in [3.63, 3.8) is 0 Å². The molecule has 0 aromatic heterocycles. The Morgan fingerprint density at radius 2 is 2.07 bits per heavy atom. The summed E-state index contributed by atoms with van der Waals surface area (Å²) in [4.78, 5) is 11.5. The van der Waals surface area contributed by atoms with Gasteiger partial charge in [0, 0.05) is 12.6 Å². The van der Waals surface area contributed by atoms with Gasteiger partial charge in [-0.3, -0.25) is 0 Å². The van der Waals surface area contributed by atoms with Crippen LogP contribution in [0.25, 0.3) is 0 Å². The Balaban J connectivity index is 1.70. The lowest BCUT2D eigenvalue weighted by atomic mass is 9.93. The van der Waals surface area contributed by atoms with E-state index in [1.54, 1.807) is 0 Å². The molecule has 1 aliphatic carbocycles. The molecule has 0 spiro atoms. The van der Waals surface area contributed by atoms with Crippen LogP contribution in [0.1, 0.15) is 32.6 Å². The van der Waals surface area contributed by atoms with Crippen LogP contribution in [0.5, 0.6) is 0 Å². The summed E-state index contributed by atoms with van der Waals surface area (Å²) in [6.07, 6.45) is 4.59. The molecular formula is C10H18N2O2. The van der Waals surface area contributed by atoms with Crippen LogP contribution in [-0.4, -0.2) is 30.8 Å². The van der Waals surface area contributed by atoms with Gasteiger partial charge in [-0.15, -0.1) is 0 Å². The average molecular weight is 198 g/mol. The third-order valence-electron chi connectivity index (χ3n) is 3.13. The van der Waals surface area contributed by atoms with Gasteiger partial charge in [-0.25, -0.2) is 4.79 Å². The number of rotatable bonds is 2. The summed E-state index contributed by atoms with van der Waals surface area (Å²) in [6, 6.07) is 0.569. The first-order chi connectivity index (χ1) is 6.75. The van der Waals surface area contributed by atoms with E-state index >= 15 is 0 Å². The minimum Gasteiger partial charge on any atom is -0.376 e. The Hall–Kier alpha value is -0.770. The van der Waals surface area contributed by atoms with Gasteiger partial charge in [-0.05, 0) is 32.6 Å². The maximum Gasteiger partial charge on any atom is 0.315 e. The highest BCUT2D eigenvalue weighted by Crippen LogP contribution is 2.18. The molecule has 80 valence electrons. The molecule has 0 radical (unpaired) electrons. The molecule has 0 aromatic carbocycles. The quantitative estimate of drug-likeness (QED) is 0.696. The molecule has 4 heteroatoms. The molecule has 2 rings (SSSR count). The SMILES string of the molecule is CC1OCCC1NC(=O)NC1CCC1. The van der Waals surface area contributed by atoms with E-state index in [0.717, 1.165) is 25.9 Å². The van der Waals surface area contributed by atoms with E-state index in [1.807, 2.05) is 6.92 Å². The monoisotopic (exact) mass is 198 g/mol. The lowest BCUT2D eigenvalue weighted by Gasteiger charge is -2.27. The summed E-state index contributed by atoms with van der Waals surface area (Å²) in [5.74, 6) is 0. The Kier molecular flexibility index (Phi) is 2.91. The van der Waals surface area contributed by atoms with Gasteiger partial charge in [-0.1, -0.05) is 0 Å². The second kappa shape index (κ2) is 4.17. The van der Waals surface area contributed by atoms with Crippen molar-refractivity contribution >= 4 is 6.03 Å². The van der Waals surface area contributed by atoms with Gasteiger partial charge in [0.15, 0.2) is 0 Å². The first-order valence-corrected chi connectivity index (χ1v) is 5.44. The van der Waals surface area contributed by atoms with E-state index in [9.17, 15) is 4.79 Å². The largest absolute Gasteiger partial charge is 0.376 e. The van der Waals surface area contributed by atoms with Crippen molar-refractivity contribution in [1.29, 1.82) is 0 Å². The lowest BCUT2D eigenvalue weighted by Crippen LogP contribution is -2.49. The maximum absolute atomic E-state index is 11.5. The normalized spacial score (nSPS) is 32.4. The summed E-state index contributed by atoms with van der Waals surface area (Å²) in [5, 5.41) is 5.91. The van der Waals surface area contributed by atoms with Gasteiger partial charge >= 0.3 is 6.03 Å². The highest BCUT2D eigenvalue weighted by molar-refractivity contribution is 5.74. The topological polar surface area (TPSA) is 50.4 Å². The molecule has 14 heavy (non-hydrogen) atoms. The fraction of sp³-hybridized carbons (Fsp3) is 0.900. The molecule has 2 fully saturated rings. The zero-order valence-corrected chi connectivity index (χ0v) is 8.58. The second-order valence-electron chi connectivity index (χ2n) is 4.22. The molecule has 4 nitrogen and oxygen atoms in total. The Morgan fingerprint density at radius 3 is 2.57 bits per heavy atom. The Bertz CT molecular complexity index is 216. The number of nitrogens with one attached hydrogen (secondary N) is 2. The molecule has 2 amide bonds. The molecule has 1 aliphatic heterocycles. The molecule has 1 saturated heterocycles. The van der Waals surface area contributed by atoms with Crippen LogP contribution in [0.4, 0.5) is 4.79 Å². The molecule has 2 atom stereocenters.